The average Bonchev–Trinajstić information content (AvgIpc) is 2.14. The first-order chi connectivity index (χ1) is 5.00. The second-order valence-corrected chi connectivity index (χ2v) is 1.15. The summed E-state index contributed by atoms with van der Waals surface area (Å²) in [6.45, 7) is 8.00. The molecule has 1 heteroatoms. The molecule has 0 nitrogen and oxygen atoms in total. The van der Waals surface area contributed by atoms with Crippen molar-refractivity contribution in [1.82, 2.24) is 0 Å². The van der Waals surface area contributed by atoms with Crippen LogP contribution in [0.2, 0.25) is 0 Å². The quantitative estimate of drug-likeness (QED) is 0.623. The molecule has 0 aliphatic heterocycles. The van der Waals surface area contributed by atoms with Crippen molar-refractivity contribution in [2.24, 2.45) is 0 Å². The molecule has 0 N–H and O–H groups in total. The molecule has 12 heavy (non-hydrogen) atoms. The summed E-state index contributed by atoms with van der Waals surface area (Å²) >= 11 is 0. The van der Waals surface area contributed by atoms with Crippen LogP contribution in [0.5, 0.6) is 0 Å². The first kappa shape index (κ1) is 22.7. The molecule has 0 aliphatic carbocycles. The molecular weight excluding hydrogens is 316 g/mol. The topological polar surface area (TPSA) is 0 Å². The largest absolute Gasteiger partial charge is 0.358 e. The van der Waals surface area contributed by atoms with Crippen LogP contribution in [-0.4, -0.2) is 0 Å². The van der Waals surface area contributed by atoms with E-state index in [1.54, 1.807) is 0 Å². The van der Waals surface area contributed by atoms with Crippen LogP contribution in [0, 0.1) is 7.43 Å². The van der Waals surface area contributed by atoms with Gasteiger partial charge in [-0.2, -0.15) is 0 Å². The van der Waals surface area contributed by atoms with Gasteiger partial charge in [-0.1, -0.05) is 64.1 Å². The molecule has 1 rings (SSSR count). The molecule has 0 bridgehead atoms. The van der Waals surface area contributed by atoms with Gasteiger partial charge in [0.2, 0.25) is 0 Å². The molecule has 0 amide bonds. The van der Waals surface area contributed by atoms with E-state index >= 15 is 0 Å². The van der Waals surface area contributed by atoms with E-state index in [0.29, 0.717) is 0 Å². The van der Waals surface area contributed by atoms with Gasteiger partial charge in [-0.3, -0.25) is 0 Å². The van der Waals surface area contributed by atoms with E-state index in [-0.39, 0.29) is 28.5 Å². The normalized spacial score (nSPS) is 5.00. The fourth-order valence-corrected chi connectivity index (χ4v) is 0.385. The van der Waals surface area contributed by atoms with Gasteiger partial charge in [0.15, 0.2) is 0 Å². The smallest absolute Gasteiger partial charge is 0 e. The Morgan fingerprint density at radius 1 is 0.500 bits per heavy atom. The van der Waals surface area contributed by atoms with Crippen molar-refractivity contribution in [3.05, 3.63) is 43.8 Å². The summed E-state index contributed by atoms with van der Waals surface area (Å²) < 4.78 is 0. The number of hydrogen-bond acceptors (Lipinski definition) is 0. The van der Waals surface area contributed by atoms with Crippen molar-refractivity contribution >= 4 is 0 Å². The second-order valence-electron chi connectivity index (χ2n) is 1.15. The Hall–Kier alpha value is -0.0917. The molecule has 0 radical (unpaired) electrons. The monoisotopic (exact) mass is 337 g/mol. The van der Waals surface area contributed by atoms with E-state index < -0.39 is 0 Å². The standard InChI is InChI=1S/C6H6.2C2H6.CH3.W/c1-2-4-6-5-3-1;2*1-2;;/h1-6H;2*1-2H3;1H3;/q;;;-1;. The minimum atomic E-state index is 0. The van der Waals surface area contributed by atoms with Gasteiger partial charge in [-0.05, 0) is 0 Å². The molecule has 0 aromatic heterocycles. The molecule has 1 aromatic carbocycles. The summed E-state index contributed by atoms with van der Waals surface area (Å²) in [4.78, 5) is 0. The third-order valence-corrected chi connectivity index (χ3v) is 0.667. The Labute approximate surface area is 92.7 Å². The van der Waals surface area contributed by atoms with Crippen molar-refractivity contribution in [3.63, 3.8) is 0 Å². The summed E-state index contributed by atoms with van der Waals surface area (Å²) in [5.41, 5.74) is 0. The third kappa shape index (κ3) is 22.5. The Morgan fingerprint density at radius 3 is 0.667 bits per heavy atom. The Morgan fingerprint density at radius 2 is 0.583 bits per heavy atom. The maximum Gasteiger partial charge on any atom is 0 e. The molecule has 0 saturated heterocycles. The van der Waals surface area contributed by atoms with Crippen molar-refractivity contribution in [2.75, 3.05) is 0 Å². The summed E-state index contributed by atoms with van der Waals surface area (Å²) in [5.74, 6) is 0. The van der Waals surface area contributed by atoms with Crippen LogP contribution < -0.4 is 0 Å². The van der Waals surface area contributed by atoms with Gasteiger partial charge >= 0.3 is 0 Å². The van der Waals surface area contributed by atoms with E-state index in [9.17, 15) is 0 Å². The zero-order valence-electron chi connectivity index (χ0n) is 8.87. The van der Waals surface area contributed by atoms with Crippen molar-refractivity contribution in [2.45, 2.75) is 27.7 Å². The molecule has 0 heterocycles. The first-order valence-electron chi connectivity index (χ1n) is 4.00. The minimum absolute atomic E-state index is 0. The molecule has 1 aromatic rings. The number of hydrogen-bond donors (Lipinski definition) is 0. The van der Waals surface area contributed by atoms with Crippen molar-refractivity contribution in [1.29, 1.82) is 0 Å². The van der Waals surface area contributed by atoms with E-state index in [0.717, 1.165) is 0 Å². The SMILES string of the molecule is CC.CC.[CH3-].[W].c1ccccc1. The molecule has 0 unspecified atom stereocenters. The zero-order valence-corrected chi connectivity index (χ0v) is 11.8. The molecule has 0 fully saturated rings. The Balaban J connectivity index is -0.0000000480. The van der Waals surface area contributed by atoms with E-state index in [4.69, 9.17) is 0 Å². The van der Waals surface area contributed by atoms with Gasteiger partial charge in [0, 0.05) is 21.1 Å². The second kappa shape index (κ2) is 30.7. The van der Waals surface area contributed by atoms with Crippen LogP contribution in [0.4, 0.5) is 0 Å². The predicted octanol–water partition coefficient (Wildman–Crippen LogP) is 4.19. The number of benzene rings is 1. The van der Waals surface area contributed by atoms with Crippen LogP contribution >= 0.6 is 0 Å². The molecular formula is C11H21W-. The summed E-state index contributed by atoms with van der Waals surface area (Å²) in [5, 5.41) is 0. The average molecular weight is 337 g/mol. The molecule has 72 valence electrons. The molecule has 0 spiro atoms. The maximum atomic E-state index is 2.00. The van der Waals surface area contributed by atoms with Gasteiger partial charge in [-0.15, -0.1) is 0 Å². The van der Waals surface area contributed by atoms with Gasteiger partial charge in [0.25, 0.3) is 0 Å². The summed E-state index contributed by atoms with van der Waals surface area (Å²) in [6.07, 6.45) is 0. The van der Waals surface area contributed by atoms with Crippen LogP contribution in [0.25, 0.3) is 0 Å². The number of rotatable bonds is 0. The van der Waals surface area contributed by atoms with Gasteiger partial charge < -0.3 is 7.43 Å². The van der Waals surface area contributed by atoms with Crippen LogP contribution in [0.3, 0.4) is 0 Å². The van der Waals surface area contributed by atoms with Gasteiger partial charge in [0.1, 0.15) is 0 Å². The maximum absolute atomic E-state index is 2.00. The van der Waals surface area contributed by atoms with Crippen molar-refractivity contribution in [3.8, 4) is 0 Å². The van der Waals surface area contributed by atoms with Crippen molar-refractivity contribution < 1.29 is 21.1 Å². The zero-order chi connectivity index (χ0) is 8.24. The fourth-order valence-electron chi connectivity index (χ4n) is 0.385. The first-order valence-corrected chi connectivity index (χ1v) is 4.00. The fraction of sp³-hybridized carbons (Fsp3) is 0.364. The van der Waals surface area contributed by atoms with Gasteiger partial charge in [0.05, 0.1) is 0 Å². The molecule has 0 aliphatic rings. The molecule has 0 saturated carbocycles. The predicted molar refractivity (Wildman–Crippen MR) is 55.6 cm³/mol. The Kier molecular flexibility index (Phi) is 57.9. The van der Waals surface area contributed by atoms with Crippen LogP contribution in [0.15, 0.2) is 36.4 Å². The summed E-state index contributed by atoms with van der Waals surface area (Å²) in [6, 6.07) is 12.0. The van der Waals surface area contributed by atoms with E-state index in [1.807, 2.05) is 64.1 Å². The van der Waals surface area contributed by atoms with E-state index in [2.05, 4.69) is 0 Å². The van der Waals surface area contributed by atoms with E-state index in [1.165, 1.54) is 0 Å². The third-order valence-electron chi connectivity index (χ3n) is 0.667. The van der Waals surface area contributed by atoms with Crippen LogP contribution in [-0.2, 0) is 21.1 Å². The minimum Gasteiger partial charge on any atom is -0.358 e. The molecule has 0 atom stereocenters. The summed E-state index contributed by atoms with van der Waals surface area (Å²) in [7, 11) is 0. The van der Waals surface area contributed by atoms with Gasteiger partial charge in [-0.25, -0.2) is 0 Å². The Bertz CT molecular complexity index is 76.9. The van der Waals surface area contributed by atoms with Crippen LogP contribution in [0.1, 0.15) is 27.7 Å².